The molecule has 7 nitrogen and oxygen atoms in total. The topological polar surface area (TPSA) is 102 Å². The molecule has 1 amide bonds. The molecule has 0 saturated carbocycles. The Labute approximate surface area is 231 Å². The van der Waals surface area contributed by atoms with Gasteiger partial charge >= 0.3 is 17.8 Å². The fourth-order valence-electron chi connectivity index (χ4n) is 4.09. The molecular formula is C30H31ClFNO6. The van der Waals surface area contributed by atoms with Gasteiger partial charge < -0.3 is 19.9 Å². The SMILES string of the molecule is CCOC(=O)C(=O)N[C@H](Cc1ccc(-c2cc(Cl)ccc2F)cc1)CC(C)(CO)C(=O)OCc1ccccc1. The Bertz CT molecular complexity index is 1280. The molecule has 3 aromatic carbocycles. The number of benzene rings is 3. The molecule has 2 atom stereocenters. The van der Waals surface area contributed by atoms with Crippen molar-refractivity contribution in [3.63, 3.8) is 0 Å². The van der Waals surface area contributed by atoms with Gasteiger partial charge in [-0.1, -0.05) is 66.2 Å². The largest absolute Gasteiger partial charge is 0.460 e. The molecule has 3 rings (SSSR count). The number of carbonyl (C=O) groups excluding carboxylic acids is 3. The van der Waals surface area contributed by atoms with Gasteiger partial charge in [-0.2, -0.15) is 0 Å². The number of carbonyl (C=O) groups is 3. The molecule has 0 aliphatic rings. The van der Waals surface area contributed by atoms with Crippen LogP contribution in [0.3, 0.4) is 0 Å². The van der Waals surface area contributed by atoms with Crippen molar-refractivity contribution in [3.8, 4) is 11.1 Å². The number of aliphatic hydroxyl groups excluding tert-OH is 1. The van der Waals surface area contributed by atoms with Crippen molar-refractivity contribution in [2.45, 2.75) is 39.3 Å². The Morgan fingerprint density at radius 2 is 1.69 bits per heavy atom. The average Bonchev–Trinajstić information content (AvgIpc) is 2.94. The maximum absolute atomic E-state index is 14.3. The van der Waals surface area contributed by atoms with Gasteiger partial charge in [0.15, 0.2) is 0 Å². The molecule has 1 unspecified atom stereocenters. The zero-order chi connectivity index (χ0) is 28.4. The Morgan fingerprint density at radius 1 is 1.00 bits per heavy atom. The van der Waals surface area contributed by atoms with Gasteiger partial charge in [0.25, 0.3) is 0 Å². The number of hydrogen-bond acceptors (Lipinski definition) is 6. The van der Waals surface area contributed by atoms with E-state index in [-0.39, 0.29) is 26.1 Å². The lowest BCUT2D eigenvalue weighted by atomic mass is 9.82. The summed E-state index contributed by atoms with van der Waals surface area (Å²) < 4.78 is 24.6. The summed E-state index contributed by atoms with van der Waals surface area (Å²) >= 11 is 6.02. The van der Waals surface area contributed by atoms with Crippen LogP contribution in [0.25, 0.3) is 11.1 Å². The second-order valence-corrected chi connectivity index (χ2v) is 9.84. The lowest BCUT2D eigenvalue weighted by Crippen LogP contribution is -2.46. The highest BCUT2D eigenvalue weighted by Gasteiger charge is 2.38. The van der Waals surface area contributed by atoms with E-state index in [9.17, 15) is 23.9 Å². The van der Waals surface area contributed by atoms with Gasteiger partial charge in [-0.3, -0.25) is 9.59 Å². The summed E-state index contributed by atoms with van der Waals surface area (Å²) in [6.07, 6.45) is 0.192. The molecule has 0 radical (unpaired) electrons. The first-order valence-electron chi connectivity index (χ1n) is 12.5. The maximum Gasteiger partial charge on any atom is 0.396 e. The standard InChI is InChI=1S/C30H31ClFNO6/c1-3-38-28(36)27(35)33-24(17-30(2,19-34)29(37)39-18-21-7-5-4-6-8-21)15-20-9-11-22(12-10-20)25-16-23(31)13-14-26(25)32/h4-14,16,24,34H,3,15,17-19H2,1-2H3,(H,33,35)/t24-,30?/m1/s1. The van der Waals surface area contributed by atoms with Gasteiger partial charge in [0.2, 0.25) is 0 Å². The van der Waals surface area contributed by atoms with Crippen molar-refractivity contribution in [1.82, 2.24) is 5.32 Å². The van der Waals surface area contributed by atoms with Gasteiger partial charge in [-0.15, -0.1) is 0 Å². The maximum atomic E-state index is 14.3. The summed E-state index contributed by atoms with van der Waals surface area (Å²) in [7, 11) is 0. The molecule has 0 aliphatic heterocycles. The molecule has 0 heterocycles. The molecule has 2 N–H and O–H groups in total. The van der Waals surface area contributed by atoms with Gasteiger partial charge in [-0.25, -0.2) is 9.18 Å². The minimum Gasteiger partial charge on any atom is -0.460 e. The van der Waals surface area contributed by atoms with Crippen LogP contribution in [0, 0.1) is 11.2 Å². The molecule has 39 heavy (non-hydrogen) atoms. The molecule has 9 heteroatoms. The molecular weight excluding hydrogens is 525 g/mol. The number of aliphatic hydroxyl groups is 1. The summed E-state index contributed by atoms with van der Waals surface area (Å²) in [6, 6.07) is 19.6. The lowest BCUT2D eigenvalue weighted by Gasteiger charge is -2.30. The number of amides is 1. The number of nitrogens with one attached hydrogen (secondary N) is 1. The van der Waals surface area contributed by atoms with Crippen LogP contribution in [0.5, 0.6) is 0 Å². The van der Waals surface area contributed by atoms with E-state index in [0.717, 1.165) is 11.1 Å². The third kappa shape index (κ3) is 8.37. The fourth-order valence-corrected chi connectivity index (χ4v) is 4.26. The van der Waals surface area contributed by atoms with Crippen LogP contribution in [-0.2, 0) is 36.9 Å². The molecule has 206 valence electrons. The summed E-state index contributed by atoms with van der Waals surface area (Å²) in [5.41, 5.74) is 1.11. The molecule has 0 spiro atoms. The Morgan fingerprint density at radius 3 is 2.33 bits per heavy atom. The van der Waals surface area contributed by atoms with Crippen molar-refractivity contribution < 1.29 is 33.4 Å². The number of rotatable bonds is 11. The molecule has 0 fully saturated rings. The molecule has 0 saturated heterocycles. The van der Waals surface area contributed by atoms with Gasteiger partial charge in [0.05, 0.1) is 18.6 Å². The highest BCUT2D eigenvalue weighted by atomic mass is 35.5. The van der Waals surface area contributed by atoms with Crippen molar-refractivity contribution in [2.75, 3.05) is 13.2 Å². The van der Waals surface area contributed by atoms with Crippen molar-refractivity contribution in [3.05, 3.63) is 94.8 Å². The number of halogens is 2. The van der Waals surface area contributed by atoms with E-state index in [0.29, 0.717) is 16.1 Å². The molecule has 3 aromatic rings. The second-order valence-electron chi connectivity index (χ2n) is 9.40. The van der Waals surface area contributed by atoms with Crippen LogP contribution in [0.2, 0.25) is 5.02 Å². The van der Waals surface area contributed by atoms with Crippen molar-refractivity contribution in [2.24, 2.45) is 5.41 Å². The van der Waals surface area contributed by atoms with E-state index in [2.05, 4.69) is 5.32 Å². The summed E-state index contributed by atoms with van der Waals surface area (Å²) in [4.78, 5) is 37.5. The monoisotopic (exact) mass is 555 g/mol. The Balaban J connectivity index is 1.79. The fraction of sp³-hybridized carbons (Fsp3) is 0.300. The Kier molecular flexibility index (Phi) is 10.6. The predicted molar refractivity (Wildman–Crippen MR) is 145 cm³/mol. The number of hydrogen-bond donors (Lipinski definition) is 2. The minimum absolute atomic E-state index is 0.0209. The first-order chi connectivity index (χ1) is 18.6. The highest BCUT2D eigenvalue weighted by molar-refractivity contribution is 6.32. The van der Waals surface area contributed by atoms with E-state index < -0.39 is 41.7 Å². The van der Waals surface area contributed by atoms with Crippen LogP contribution in [0.15, 0.2) is 72.8 Å². The number of ether oxygens (including phenoxy) is 2. The summed E-state index contributed by atoms with van der Waals surface area (Å²) in [5.74, 6) is -3.07. The normalized spacial score (nSPS) is 13.2. The third-order valence-electron chi connectivity index (χ3n) is 6.22. The van der Waals surface area contributed by atoms with Crippen LogP contribution in [-0.4, -0.2) is 42.2 Å². The van der Waals surface area contributed by atoms with E-state index in [1.807, 2.05) is 30.3 Å². The number of esters is 2. The highest BCUT2D eigenvalue weighted by Crippen LogP contribution is 2.29. The van der Waals surface area contributed by atoms with Crippen LogP contribution < -0.4 is 5.32 Å². The summed E-state index contributed by atoms with van der Waals surface area (Å²) in [6.45, 7) is 2.63. The van der Waals surface area contributed by atoms with Crippen LogP contribution in [0.1, 0.15) is 31.4 Å². The van der Waals surface area contributed by atoms with Crippen molar-refractivity contribution in [1.29, 1.82) is 0 Å². The predicted octanol–water partition coefficient (Wildman–Crippen LogP) is 4.87. The lowest BCUT2D eigenvalue weighted by molar-refractivity contribution is -0.160. The van der Waals surface area contributed by atoms with Crippen molar-refractivity contribution >= 4 is 29.4 Å². The van der Waals surface area contributed by atoms with Gasteiger partial charge in [-0.05, 0) is 61.6 Å². The van der Waals surface area contributed by atoms with Gasteiger partial charge in [0, 0.05) is 16.6 Å². The zero-order valence-corrected chi connectivity index (χ0v) is 22.5. The molecule has 0 aromatic heterocycles. The van der Waals surface area contributed by atoms with E-state index in [1.54, 1.807) is 31.2 Å². The van der Waals surface area contributed by atoms with E-state index in [1.165, 1.54) is 25.1 Å². The first-order valence-corrected chi connectivity index (χ1v) is 12.9. The molecule has 0 aliphatic carbocycles. The third-order valence-corrected chi connectivity index (χ3v) is 6.46. The summed E-state index contributed by atoms with van der Waals surface area (Å²) in [5, 5.41) is 13.2. The van der Waals surface area contributed by atoms with Gasteiger partial charge in [0.1, 0.15) is 12.4 Å². The zero-order valence-electron chi connectivity index (χ0n) is 21.8. The van der Waals surface area contributed by atoms with E-state index in [4.69, 9.17) is 21.1 Å². The van der Waals surface area contributed by atoms with E-state index >= 15 is 0 Å². The molecule has 0 bridgehead atoms. The first kappa shape index (κ1) is 29.8. The second kappa shape index (κ2) is 13.9. The average molecular weight is 556 g/mol. The van der Waals surface area contributed by atoms with Crippen LogP contribution in [0.4, 0.5) is 4.39 Å². The quantitative estimate of drug-likeness (QED) is 0.259. The Hall–Kier alpha value is -3.75. The smallest absolute Gasteiger partial charge is 0.396 e. The minimum atomic E-state index is -1.37. The van der Waals surface area contributed by atoms with Crippen LogP contribution >= 0.6 is 11.6 Å².